The van der Waals surface area contributed by atoms with E-state index >= 15 is 0 Å². The number of hydrogen-bond acceptors (Lipinski definition) is 2. The molecule has 1 fully saturated rings. The van der Waals surface area contributed by atoms with E-state index in [-0.39, 0.29) is 11.4 Å². The first-order chi connectivity index (χ1) is 11.2. The lowest BCUT2D eigenvalue weighted by molar-refractivity contribution is -0.123. The average Bonchev–Trinajstić information content (AvgIpc) is 2.58. The van der Waals surface area contributed by atoms with Gasteiger partial charge in [-0.2, -0.15) is 0 Å². The van der Waals surface area contributed by atoms with Gasteiger partial charge in [0.25, 0.3) is 0 Å². The first-order valence-corrected chi connectivity index (χ1v) is 8.53. The zero-order valence-corrected chi connectivity index (χ0v) is 13.9. The average molecular weight is 329 g/mol. The fourth-order valence-electron chi connectivity index (χ4n) is 3.41. The van der Waals surface area contributed by atoms with E-state index in [4.69, 9.17) is 11.6 Å². The van der Waals surface area contributed by atoms with Gasteiger partial charge in [-0.05, 0) is 30.0 Å². The topological polar surface area (TPSA) is 42.0 Å². The number of nitrogens with one attached hydrogen (secondary N) is 1. The lowest BCUT2D eigenvalue weighted by Gasteiger charge is -2.38. The summed E-state index contributed by atoms with van der Waals surface area (Å²) in [4.78, 5) is 16.6. The molecule has 1 aliphatic rings. The molecule has 0 atom stereocenters. The Morgan fingerprint density at radius 2 is 1.83 bits per heavy atom. The molecule has 0 unspecified atom stereocenters. The fourth-order valence-corrected chi connectivity index (χ4v) is 3.52. The number of nitrogens with zero attached hydrogens (tertiary/aromatic N) is 1. The van der Waals surface area contributed by atoms with Crippen LogP contribution in [0.15, 0.2) is 48.7 Å². The third-order valence-corrected chi connectivity index (χ3v) is 4.79. The number of carbonyl (C=O) groups is 1. The van der Waals surface area contributed by atoms with Crippen LogP contribution in [0.4, 0.5) is 0 Å². The molecule has 1 aliphatic carbocycles. The summed E-state index contributed by atoms with van der Waals surface area (Å²) in [6, 6.07) is 13.9. The Labute approximate surface area is 142 Å². The van der Waals surface area contributed by atoms with Crippen LogP contribution in [0.3, 0.4) is 0 Å². The van der Waals surface area contributed by atoms with Gasteiger partial charge in [0.05, 0.1) is 12.0 Å². The Morgan fingerprint density at radius 3 is 2.48 bits per heavy atom. The molecule has 3 nitrogen and oxygen atoms in total. The third kappa shape index (κ3) is 3.91. The van der Waals surface area contributed by atoms with Crippen LogP contribution >= 0.6 is 11.6 Å². The molecule has 3 rings (SSSR count). The molecule has 0 radical (unpaired) electrons. The number of pyridine rings is 1. The van der Waals surface area contributed by atoms with Crippen LogP contribution < -0.4 is 5.32 Å². The first kappa shape index (κ1) is 16.0. The molecule has 0 aliphatic heterocycles. The highest BCUT2D eigenvalue weighted by Gasteiger charge is 2.35. The van der Waals surface area contributed by atoms with Crippen LogP contribution in [0.25, 0.3) is 0 Å². The molecule has 1 N–H and O–H groups in total. The standard InChI is InChI=1S/C19H21ClN2O/c20-17-10-9-15(14-21-17)13-18(23)22-19(11-5-2-6-12-19)16-7-3-1-4-8-16/h1,3-4,7-10,14H,2,5-6,11-13H2,(H,22,23). The summed E-state index contributed by atoms with van der Waals surface area (Å²) in [6.07, 6.45) is 7.54. The molecule has 1 amide bonds. The van der Waals surface area contributed by atoms with Gasteiger partial charge in [-0.25, -0.2) is 4.98 Å². The molecule has 2 aromatic rings. The summed E-state index contributed by atoms with van der Waals surface area (Å²) in [6.45, 7) is 0. The minimum Gasteiger partial charge on any atom is -0.346 e. The molecular weight excluding hydrogens is 308 g/mol. The van der Waals surface area contributed by atoms with Crippen molar-refractivity contribution in [3.63, 3.8) is 0 Å². The summed E-state index contributed by atoms with van der Waals surface area (Å²) in [5, 5.41) is 3.76. The first-order valence-electron chi connectivity index (χ1n) is 8.15. The highest BCUT2D eigenvalue weighted by Crippen LogP contribution is 2.37. The van der Waals surface area contributed by atoms with E-state index in [1.807, 2.05) is 24.3 Å². The molecule has 4 heteroatoms. The van der Waals surface area contributed by atoms with Crippen molar-refractivity contribution in [3.8, 4) is 0 Å². The Bertz CT molecular complexity index is 649. The number of hydrogen-bond donors (Lipinski definition) is 1. The normalized spacial score (nSPS) is 16.7. The van der Waals surface area contributed by atoms with Crippen LogP contribution in [0.2, 0.25) is 5.15 Å². The number of carbonyl (C=O) groups excluding carboxylic acids is 1. The fraction of sp³-hybridized carbons (Fsp3) is 0.368. The smallest absolute Gasteiger partial charge is 0.225 e. The van der Waals surface area contributed by atoms with Gasteiger partial charge in [-0.15, -0.1) is 0 Å². The molecule has 0 saturated heterocycles. The molecule has 0 bridgehead atoms. The second kappa shape index (κ2) is 7.14. The molecule has 1 aromatic carbocycles. The second-order valence-corrected chi connectivity index (χ2v) is 6.61. The van der Waals surface area contributed by atoms with Crippen molar-refractivity contribution in [2.45, 2.75) is 44.1 Å². The van der Waals surface area contributed by atoms with Crippen molar-refractivity contribution in [2.24, 2.45) is 0 Å². The number of rotatable bonds is 4. The van der Waals surface area contributed by atoms with Gasteiger partial charge >= 0.3 is 0 Å². The van der Waals surface area contributed by atoms with Crippen LogP contribution in [0.1, 0.15) is 43.2 Å². The monoisotopic (exact) mass is 328 g/mol. The molecule has 1 aromatic heterocycles. The number of aromatic nitrogens is 1. The highest BCUT2D eigenvalue weighted by molar-refractivity contribution is 6.29. The minimum atomic E-state index is -0.226. The van der Waals surface area contributed by atoms with Crippen molar-refractivity contribution in [1.29, 1.82) is 0 Å². The Morgan fingerprint density at radius 1 is 1.09 bits per heavy atom. The quantitative estimate of drug-likeness (QED) is 0.852. The summed E-state index contributed by atoms with van der Waals surface area (Å²) < 4.78 is 0. The van der Waals surface area contributed by atoms with Crippen molar-refractivity contribution in [2.75, 3.05) is 0 Å². The van der Waals surface area contributed by atoms with E-state index < -0.39 is 0 Å². The maximum atomic E-state index is 12.6. The van der Waals surface area contributed by atoms with Crippen molar-refractivity contribution < 1.29 is 4.79 Å². The molecule has 1 saturated carbocycles. The van der Waals surface area contributed by atoms with Gasteiger partial charge in [-0.3, -0.25) is 4.79 Å². The van der Waals surface area contributed by atoms with Gasteiger partial charge in [0.1, 0.15) is 5.15 Å². The number of amides is 1. The lowest BCUT2D eigenvalue weighted by atomic mass is 9.76. The van der Waals surface area contributed by atoms with Crippen molar-refractivity contribution in [1.82, 2.24) is 10.3 Å². The SMILES string of the molecule is O=C(Cc1ccc(Cl)nc1)NC1(c2ccccc2)CCCCC1. The summed E-state index contributed by atoms with van der Waals surface area (Å²) in [5.74, 6) is 0.0416. The van der Waals surface area contributed by atoms with Gasteiger partial charge < -0.3 is 5.32 Å². The van der Waals surface area contributed by atoms with Crippen molar-refractivity contribution >= 4 is 17.5 Å². The van der Waals surface area contributed by atoms with Crippen LogP contribution in [-0.4, -0.2) is 10.9 Å². The van der Waals surface area contributed by atoms with E-state index in [0.717, 1.165) is 31.2 Å². The van der Waals surface area contributed by atoms with Crippen LogP contribution in [-0.2, 0) is 16.8 Å². The predicted octanol–water partition coefficient (Wildman–Crippen LogP) is 4.25. The molecule has 120 valence electrons. The van der Waals surface area contributed by atoms with Gasteiger partial charge in [0.2, 0.25) is 5.91 Å². The second-order valence-electron chi connectivity index (χ2n) is 6.22. The predicted molar refractivity (Wildman–Crippen MR) is 92.3 cm³/mol. The van der Waals surface area contributed by atoms with Gasteiger partial charge in [-0.1, -0.05) is 67.3 Å². The zero-order chi connectivity index (χ0) is 16.1. The Hall–Kier alpha value is -1.87. The summed E-state index contributed by atoms with van der Waals surface area (Å²) in [7, 11) is 0. The maximum Gasteiger partial charge on any atom is 0.225 e. The Balaban J connectivity index is 1.76. The zero-order valence-electron chi connectivity index (χ0n) is 13.1. The third-order valence-electron chi connectivity index (χ3n) is 4.57. The van der Waals surface area contributed by atoms with Crippen LogP contribution in [0, 0.1) is 0 Å². The summed E-state index contributed by atoms with van der Waals surface area (Å²) >= 11 is 5.79. The molecule has 1 heterocycles. The largest absolute Gasteiger partial charge is 0.346 e. The Kier molecular flexibility index (Phi) is 4.97. The number of benzene rings is 1. The van der Waals surface area contributed by atoms with E-state index in [9.17, 15) is 4.79 Å². The molecule has 23 heavy (non-hydrogen) atoms. The van der Waals surface area contributed by atoms with E-state index in [1.165, 1.54) is 12.0 Å². The highest BCUT2D eigenvalue weighted by atomic mass is 35.5. The van der Waals surface area contributed by atoms with E-state index in [2.05, 4.69) is 22.4 Å². The van der Waals surface area contributed by atoms with E-state index in [0.29, 0.717) is 11.6 Å². The minimum absolute atomic E-state index is 0.0416. The number of halogens is 1. The van der Waals surface area contributed by atoms with Gasteiger partial charge in [0.15, 0.2) is 0 Å². The molecular formula is C19H21ClN2O. The van der Waals surface area contributed by atoms with Crippen molar-refractivity contribution in [3.05, 3.63) is 64.9 Å². The maximum absolute atomic E-state index is 12.6. The lowest BCUT2D eigenvalue weighted by Crippen LogP contribution is -2.47. The van der Waals surface area contributed by atoms with Crippen LogP contribution in [0.5, 0.6) is 0 Å². The van der Waals surface area contributed by atoms with Gasteiger partial charge in [0, 0.05) is 6.20 Å². The van der Waals surface area contributed by atoms with E-state index in [1.54, 1.807) is 12.3 Å². The summed E-state index contributed by atoms with van der Waals surface area (Å²) in [5.41, 5.74) is 1.87. The molecule has 0 spiro atoms.